The second-order valence-corrected chi connectivity index (χ2v) is 8.15. The third-order valence-electron chi connectivity index (χ3n) is 5.48. The normalized spacial score (nSPS) is 20.6. The van der Waals surface area contributed by atoms with Crippen molar-refractivity contribution in [1.29, 1.82) is 0 Å². The third kappa shape index (κ3) is 3.98. The van der Waals surface area contributed by atoms with Gasteiger partial charge in [0.05, 0.1) is 6.42 Å². The summed E-state index contributed by atoms with van der Waals surface area (Å²) in [4.78, 5) is 40.6. The number of piperazine rings is 1. The fourth-order valence-electron chi connectivity index (χ4n) is 3.90. The quantitative estimate of drug-likeness (QED) is 0.453. The molecule has 7 nitrogen and oxygen atoms in total. The molecule has 0 saturated carbocycles. The lowest BCUT2D eigenvalue weighted by Crippen LogP contribution is -2.60. The van der Waals surface area contributed by atoms with E-state index in [2.05, 4.69) is 10.2 Å². The molecule has 30 heavy (non-hydrogen) atoms. The minimum atomic E-state index is -0.710. The first-order valence-corrected chi connectivity index (χ1v) is 10.2. The molecule has 0 aliphatic carbocycles. The first-order valence-electron chi connectivity index (χ1n) is 9.79. The Morgan fingerprint density at radius 2 is 1.80 bits per heavy atom. The highest BCUT2D eigenvalue weighted by Gasteiger charge is 2.35. The lowest BCUT2D eigenvalue weighted by atomic mass is 10.1. The number of nitrogens with zero attached hydrogens (tertiary/aromatic N) is 2. The summed E-state index contributed by atoms with van der Waals surface area (Å²) in [6.07, 6.45) is 0.218. The van der Waals surface area contributed by atoms with E-state index in [9.17, 15) is 14.4 Å². The highest BCUT2D eigenvalue weighted by Crippen LogP contribution is 2.29. The number of nitrogens with one attached hydrogen (secondary N) is 1. The average Bonchev–Trinajstić information content (AvgIpc) is 3.09. The van der Waals surface area contributed by atoms with Gasteiger partial charge in [0.1, 0.15) is 5.75 Å². The fourth-order valence-corrected chi connectivity index (χ4v) is 4.03. The molecular formula is C22H22ClN3O4. The minimum Gasteiger partial charge on any atom is -0.426 e. The predicted molar refractivity (Wildman–Crippen MR) is 114 cm³/mol. The second-order valence-electron chi connectivity index (χ2n) is 7.71. The summed E-state index contributed by atoms with van der Waals surface area (Å²) >= 11 is 5.98. The van der Waals surface area contributed by atoms with Gasteiger partial charge in [-0.25, -0.2) is 0 Å². The number of ether oxygens (including phenoxy) is 1. The van der Waals surface area contributed by atoms with Gasteiger partial charge in [-0.3, -0.25) is 14.4 Å². The van der Waals surface area contributed by atoms with Crippen LogP contribution < -0.4 is 15.0 Å². The number of fused-ring (bicyclic) bond motifs is 1. The zero-order valence-electron chi connectivity index (χ0n) is 16.7. The first-order chi connectivity index (χ1) is 14.3. The molecule has 2 amide bonds. The van der Waals surface area contributed by atoms with Gasteiger partial charge in [0.25, 0.3) is 0 Å². The molecule has 2 atom stereocenters. The van der Waals surface area contributed by atoms with Gasteiger partial charge in [0.2, 0.25) is 0 Å². The van der Waals surface area contributed by atoms with E-state index >= 15 is 0 Å². The smallest absolute Gasteiger partial charge is 0.315 e. The van der Waals surface area contributed by atoms with Crippen LogP contribution >= 0.6 is 11.6 Å². The molecule has 1 fully saturated rings. The number of rotatable bonds is 2. The number of carbonyl (C=O) groups excluding carboxylic acids is 3. The van der Waals surface area contributed by atoms with E-state index in [0.717, 1.165) is 11.3 Å². The molecule has 2 aliphatic heterocycles. The van der Waals surface area contributed by atoms with Gasteiger partial charge in [-0.2, -0.15) is 0 Å². The summed E-state index contributed by atoms with van der Waals surface area (Å²) in [6.45, 7) is 4.98. The molecule has 0 radical (unpaired) electrons. The predicted octanol–water partition coefficient (Wildman–Crippen LogP) is 2.87. The number of benzene rings is 2. The number of anilines is 2. The van der Waals surface area contributed by atoms with Gasteiger partial charge in [0, 0.05) is 53.2 Å². The first kappa shape index (κ1) is 20.2. The van der Waals surface area contributed by atoms with E-state index in [1.807, 2.05) is 38.1 Å². The number of amides is 2. The van der Waals surface area contributed by atoms with E-state index in [-0.39, 0.29) is 24.5 Å². The van der Waals surface area contributed by atoms with Gasteiger partial charge in [-0.05, 0) is 44.2 Å². The van der Waals surface area contributed by atoms with Crippen molar-refractivity contribution in [3.8, 4) is 5.75 Å². The van der Waals surface area contributed by atoms with Crippen molar-refractivity contribution in [1.82, 2.24) is 4.90 Å². The molecule has 8 heteroatoms. The minimum absolute atomic E-state index is 0.0403. The summed E-state index contributed by atoms with van der Waals surface area (Å²) < 4.78 is 5.10. The van der Waals surface area contributed by atoms with Gasteiger partial charge in [-0.1, -0.05) is 17.7 Å². The SMILES string of the molecule is C[C@@H]1CN(c2ccc(Cl)cc2)[C@H](C)CN1C(=O)C(=O)Nc1ccc2c(c1)OC(=O)C2. The van der Waals surface area contributed by atoms with Crippen LogP contribution in [0.1, 0.15) is 19.4 Å². The van der Waals surface area contributed by atoms with Crippen LogP contribution in [-0.2, 0) is 20.8 Å². The molecule has 156 valence electrons. The molecule has 2 heterocycles. The van der Waals surface area contributed by atoms with E-state index in [4.69, 9.17) is 16.3 Å². The monoisotopic (exact) mass is 427 g/mol. The Morgan fingerprint density at radius 3 is 2.53 bits per heavy atom. The van der Waals surface area contributed by atoms with Crippen LogP contribution in [-0.4, -0.2) is 47.9 Å². The molecule has 1 saturated heterocycles. The summed E-state index contributed by atoms with van der Waals surface area (Å²) in [5, 5.41) is 3.29. The summed E-state index contributed by atoms with van der Waals surface area (Å²) in [5.74, 6) is -1.20. The van der Waals surface area contributed by atoms with Gasteiger partial charge >= 0.3 is 17.8 Å². The lowest BCUT2D eigenvalue weighted by molar-refractivity contribution is -0.145. The zero-order valence-corrected chi connectivity index (χ0v) is 17.5. The van der Waals surface area contributed by atoms with Gasteiger partial charge in [-0.15, -0.1) is 0 Å². The van der Waals surface area contributed by atoms with Crippen LogP contribution in [0.2, 0.25) is 5.02 Å². The van der Waals surface area contributed by atoms with E-state index in [0.29, 0.717) is 29.5 Å². The molecule has 0 unspecified atom stereocenters. The maximum Gasteiger partial charge on any atom is 0.315 e. The Kier molecular flexibility index (Phi) is 5.39. The summed E-state index contributed by atoms with van der Waals surface area (Å²) in [6, 6.07) is 12.4. The van der Waals surface area contributed by atoms with Crippen LogP contribution in [0.3, 0.4) is 0 Å². The van der Waals surface area contributed by atoms with Crippen molar-refractivity contribution in [3.63, 3.8) is 0 Å². The van der Waals surface area contributed by atoms with Crippen molar-refractivity contribution < 1.29 is 19.1 Å². The molecule has 1 N–H and O–H groups in total. The largest absolute Gasteiger partial charge is 0.426 e. The second kappa shape index (κ2) is 7.99. The molecule has 0 spiro atoms. The number of hydrogen-bond donors (Lipinski definition) is 1. The van der Waals surface area contributed by atoms with Gasteiger partial charge in [0.15, 0.2) is 0 Å². The Labute approximate surface area is 179 Å². The van der Waals surface area contributed by atoms with Gasteiger partial charge < -0.3 is 19.9 Å². The van der Waals surface area contributed by atoms with Crippen molar-refractivity contribution in [2.24, 2.45) is 0 Å². The molecule has 0 aromatic heterocycles. The van der Waals surface area contributed by atoms with Crippen molar-refractivity contribution in [2.75, 3.05) is 23.3 Å². The summed E-state index contributed by atoms with van der Waals surface area (Å²) in [5.41, 5.74) is 2.22. The van der Waals surface area contributed by atoms with Crippen LogP contribution in [0.15, 0.2) is 42.5 Å². The maximum atomic E-state index is 12.8. The highest BCUT2D eigenvalue weighted by molar-refractivity contribution is 6.39. The molecule has 2 aromatic carbocycles. The fraction of sp³-hybridized carbons (Fsp3) is 0.318. The topological polar surface area (TPSA) is 79.0 Å². The van der Waals surface area contributed by atoms with Crippen LogP contribution in [0.4, 0.5) is 11.4 Å². The molecular weight excluding hydrogens is 406 g/mol. The lowest BCUT2D eigenvalue weighted by Gasteiger charge is -2.45. The number of hydrogen-bond acceptors (Lipinski definition) is 5. The van der Waals surface area contributed by atoms with Crippen LogP contribution in [0, 0.1) is 0 Å². The molecule has 0 bridgehead atoms. The maximum absolute atomic E-state index is 12.8. The van der Waals surface area contributed by atoms with E-state index in [1.165, 1.54) is 0 Å². The van der Waals surface area contributed by atoms with Crippen molar-refractivity contribution in [2.45, 2.75) is 32.4 Å². The van der Waals surface area contributed by atoms with E-state index < -0.39 is 11.8 Å². The van der Waals surface area contributed by atoms with Crippen molar-refractivity contribution >= 4 is 40.8 Å². The standard InChI is InChI=1S/C22H22ClN3O4/c1-13-12-26(14(2)11-25(13)18-7-4-16(23)5-8-18)22(29)21(28)24-17-6-3-15-9-20(27)30-19(15)10-17/h3-8,10,13-14H,9,11-12H2,1-2H3,(H,24,28)/t13-,14-/m1/s1. The zero-order chi connectivity index (χ0) is 21.4. The Morgan fingerprint density at radius 1 is 1.07 bits per heavy atom. The molecule has 4 rings (SSSR count). The van der Waals surface area contributed by atoms with Crippen molar-refractivity contribution in [3.05, 3.63) is 53.1 Å². The number of halogens is 1. The van der Waals surface area contributed by atoms with Crippen LogP contribution in [0.25, 0.3) is 0 Å². The number of esters is 1. The Balaban J connectivity index is 1.42. The highest BCUT2D eigenvalue weighted by atomic mass is 35.5. The Hall–Kier alpha value is -3.06. The third-order valence-corrected chi connectivity index (χ3v) is 5.73. The van der Waals surface area contributed by atoms with Crippen LogP contribution in [0.5, 0.6) is 5.75 Å². The summed E-state index contributed by atoms with van der Waals surface area (Å²) in [7, 11) is 0. The molecule has 2 aromatic rings. The Bertz CT molecular complexity index is 1010. The average molecular weight is 428 g/mol. The van der Waals surface area contributed by atoms with E-state index in [1.54, 1.807) is 23.1 Å². The molecule has 2 aliphatic rings. The number of carbonyl (C=O) groups is 3.